The first-order valence-corrected chi connectivity index (χ1v) is 6.98. The Morgan fingerprint density at radius 2 is 2.16 bits per heavy atom. The van der Waals surface area contributed by atoms with Gasteiger partial charge < -0.3 is 10.0 Å². The van der Waals surface area contributed by atoms with Gasteiger partial charge in [0, 0.05) is 18.7 Å². The summed E-state index contributed by atoms with van der Waals surface area (Å²) in [6.07, 6.45) is 2.16. The monoisotopic (exact) mass is 260 g/mol. The maximum absolute atomic E-state index is 12.3. The van der Waals surface area contributed by atoms with Crippen LogP contribution >= 0.6 is 0 Å². The van der Waals surface area contributed by atoms with Crippen LogP contribution in [0, 0.1) is 12.0 Å². The highest BCUT2D eigenvalue weighted by Gasteiger charge is 2.34. The minimum absolute atomic E-state index is 0.0449. The van der Waals surface area contributed by atoms with Gasteiger partial charge in [-0.05, 0) is 43.4 Å². The normalized spacial score (nSPS) is 18.6. The molecule has 0 saturated carbocycles. The van der Waals surface area contributed by atoms with E-state index >= 15 is 0 Å². The fourth-order valence-electron chi connectivity index (χ4n) is 2.80. The van der Waals surface area contributed by atoms with E-state index in [-0.39, 0.29) is 5.91 Å². The molecular formula is C16H22NO2. The van der Waals surface area contributed by atoms with E-state index in [2.05, 4.69) is 19.9 Å². The van der Waals surface area contributed by atoms with E-state index in [9.17, 15) is 9.90 Å². The smallest absolute Gasteiger partial charge is 0.253 e. The Morgan fingerprint density at radius 3 is 2.68 bits per heavy atom. The third-order valence-corrected chi connectivity index (χ3v) is 3.72. The van der Waals surface area contributed by atoms with Crippen molar-refractivity contribution < 1.29 is 9.90 Å². The van der Waals surface area contributed by atoms with Gasteiger partial charge in [-0.2, -0.15) is 0 Å². The molecule has 19 heavy (non-hydrogen) atoms. The number of piperidine rings is 1. The SMILES string of the molecule is CC(C)CC1(O)CCN(C(=O)c2c[c]ccc2)CC1. The fraction of sp³-hybridized carbons (Fsp3) is 0.562. The van der Waals surface area contributed by atoms with Gasteiger partial charge in [0.1, 0.15) is 0 Å². The van der Waals surface area contributed by atoms with Crippen LogP contribution in [0.4, 0.5) is 0 Å². The largest absolute Gasteiger partial charge is 0.390 e. The third kappa shape index (κ3) is 3.57. The van der Waals surface area contributed by atoms with Crippen molar-refractivity contribution in [2.45, 2.75) is 38.7 Å². The summed E-state index contributed by atoms with van der Waals surface area (Å²) in [5, 5.41) is 10.5. The molecule has 0 bridgehead atoms. The van der Waals surface area contributed by atoms with Crippen LogP contribution < -0.4 is 0 Å². The molecule has 1 heterocycles. The van der Waals surface area contributed by atoms with Crippen LogP contribution in [0.2, 0.25) is 0 Å². The molecule has 0 spiro atoms. The average Bonchev–Trinajstić information content (AvgIpc) is 2.38. The van der Waals surface area contributed by atoms with Crippen molar-refractivity contribution in [2.75, 3.05) is 13.1 Å². The van der Waals surface area contributed by atoms with E-state index in [1.54, 1.807) is 12.1 Å². The quantitative estimate of drug-likeness (QED) is 0.907. The van der Waals surface area contributed by atoms with Gasteiger partial charge in [0.25, 0.3) is 5.91 Å². The van der Waals surface area contributed by atoms with E-state index in [4.69, 9.17) is 0 Å². The maximum atomic E-state index is 12.3. The predicted octanol–water partition coefficient (Wildman–Crippen LogP) is 2.50. The summed E-state index contributed by atoms with van der Waals surface area (Å²) in [7, 11) is 0. The predicted molar refractivity (Wildman–Crippen MR) is 74.8 cm³/mol. The Morgan fingerprint density at radius 1 is 1.47 bits per heavy atom. The molecule has 1 N–H and O–H groups in total. The van der Waals surface area contributed by atoms with E-state index < -0.39 is 5.60 Å². The molecule has 1 amide bonds. The Bertz CT molecular complexity index is 420. The van der Waals surface area contributed by atoms with E-state index in [0.717, 1.165) is 6.42 Å². The zero-order chi connectivity index (χ0) is 13.9. The van der Waals surface area contributed by atoms with Gasteiger partial charge >= 0.3 is 0 Å². The van der Waals surface area contributed by atoms with E-state index in [1.807, 2.05) is 17.0 Å². The molecule has 1 radical (unpaired) electrons. The standard InChI is InChI=1S/C16H22NO2/c1-13(2)12-16(19)8-10-17(11-9-16)15(18)14-6-4-3-5-7-14/h3-4,6-7,13,19H,8-12H2,1-2H3. The molecule has 1 aromatic carbocycles. The van der Waals surface area contributed by atoms with E-state index in [1.165, 1.54) is 0 Å². The van der Waals surface area contributed by atoms with Crippen LogP contribution in [-0.4, -0.2) is 34.6 Å². The number of carbonyl (C=O) groups is 1. The lowest BCUT2D eigenvalue weighted by atomic mass is 9.84. The lowest BCUT2D eigenvalue weighted by Crippen LogP contribution is -2.47. The van der Waals surface area contributed by atoms with Gasteiger partial charge in [0.2, 0.25) is 0 Å². The summed E-state index contributed by atoms with van der Waals surface area (Å²) in [4.78, 5) is 14.1. The van der Waals surface area contributed by atoms with Crippen molar-refractivity contribution in [3.8, 4) is 0 Å². The molecule has 2 rings (SSSR count). The van der Waals surface area contributed by atoms with Gasteiger partial charge in [-0.15, -0.1) is 0 Å². The highest BCUT2D eigenvalue weighted by molar-refractivity contribution is 5.94. The molecule has 0 aromatic heterocycles. The second kappa shape index (κ2) is 5.74. The number of benzene rings is 1. The topological polar surface area (TPSA) is 40.5 Å². The van der Waals surface area contributed by atoms with Crippen molar-refractivity contribution in [2.24, 2.45) is 5.92 Å². The van der Waals surface area contributed by atoms with Crippen LogP contribution in [0.3, 0.4) is 0 Å². The van der Waals surface area contributed by atoms with Crippen molar-refractivity contribution in [1.82, 2.24) is 4.90 Å². The molecule has 1 aliphatic heterocycles. The molecule has 0 unspecified atom stereocenters. The summed E-state index contributed by atoms with van der Waals surface area (Å²) in [5.41, 5.74) is 0.0881. The zero-order valence-electron chi connectivity index (χ0n) is 11.7. The van der Waals surface area contributed by atoms with Gasteiger partial charge in [-0.25, -0.2) is 0 Å². The van der Waals surface area contributed by atoms with Crippen molar-refractivity contribution >= 4 is 5.91 Å². The van der Waals surface area contributed by atoms with Crippen LogP contribution in [0.15, 0.2) is 24.3 Å². The number of nitrogens with zero attached hydrogens (tertiary/aromatic N) is 1. The summed E-state index contributed by atoms with van der Waals surface area (Å²) in [6, 6.07) is 10.1. The van der Waals surface area contributed by atoms with Crippen LogP contribution in [0.5, 0.6) is 0 Å². The average molecular weight is 260 g/mol. The summed E-state index contributed by atoms with van der Waals surface area (Å²) in [6.45, 7) is 5.51. The lowest BCUT2D eigenvalue weighted by Gasteiger charge is -2.39. The maximum Gasteiger partial charge on any atom is 0.253 e. The molecule has 1 saturated heterocycles. The first kappa shape index (κ1) is 14.1. The molecule has 1 aromatic rings. The summed E-state index contributed by atoms with van der Waals surface area (Å²) >= 11 is 0. The van der Waals surface area contributed by atoms with Gasteiger partial charge in [-0.3, -0.25) is 4.79 Å². The van der Waals surface area contributed by atoms with Crippen LogP contribution in [0.1, 0.15) is 43.5 Å². The highest BCUT2D eigenvalue weighted by atomic mass is 16.3. The summed E-state index contributed by atoms with van der Waals surface area (Å²) in [5.74, 6) is 0.527. The molecule has 0 atom stereocenters. The highest BCUT2D eigenvalue weighted by Crippen LogP contribution is 2.29. The Labute approximate surface area is 115 Å². The number of hydrogen-bond donors (Lipinski definition) is 1. The molecular weight excluding hydrogens is 238 g/mol. The second-order valence-corrected chi connectivity index (χ2v) is 5.91. The fourth-order valence-corrected chi connectivity index (χ4v) is 2.80. The van der Waals surface area contributed by atoms with E-state index in [0.29, 0.717) is 37.4 Å². The Hall–Kier alpha value is -1.35. The number of carbonyl (C=O) groups excluding carboxylic acids is 1. The molecule has 3 heteroatoms. The number of hydrogen-bond acceptors (Lipinski definition) is 2. The Kier molecular flexibility index (Phi) is 4.25. The van der Waals surface area contributed by atoms with Crippen molar-refractivity contribution in [3.63, 3.8) is 0 Å². The van der Waals surface area contributed by atoms with Crippen LogP contribution in [0.25, 0.3) is 0 Å². The first-order chi connectivity index (χ1) is 9.00. The third-order valence-electron chi connectivity index (χ3n) is 3.72. The van der Waals surface area contributed by atoms with Gasteiger partial charge in [0.05, 0.1) is 5.60 Å². The van der Waals surface area contributed by atoms with Crippen LogP contribution in [-0.2, 0) is 0 Å². The number of likely N-dealkylation sites (tertiary alicyclic amines) is 1. The minimum Gasteiger partial charge on any atom is -0.390 e. The number of amides is 1. The first-order valence-electron chi connectivity index (χ1n) is 6.98. The molecule has 0 aliphatic carbocycles. The van der Waals surface area contributed by atoms with Crippen molar-refractivity contribution in [1.29, 1.82) is 0 Å². The lowest BCUT2D eigenvalue weighted by molar-refractivity contribution is -0.0310. The molecule has 103 valence electrons. The zero-order valence-corrected chi connectivity index (χ0v) is 11.7. The molecule has 1 aliphatic rings. The number of aliphatic hydroxyl groups is 1. The Balaban J connectivity index is 1.95. The second-order valence-electron chi connectivity index (χ2n) is 5.91. The van der Waals surface area contributed by atoms with Gasteiger partial charge in [-0.1, -0.05) is 26.0 Å². The minimum atomic E-state index is -0.590. The number of rotatable bonds is 3. The van der Waals surface area contributed by atoms with Crippen molar-refractivity contribution in [3.05, 3.63) is 35.9 Å². The summed E-state index contributed by atoms with van der Waals surface area (Å²) < 4.78 is 0. The van der Waals surface area contributed by atoms with Gasteiger partial charge in [0.15, 0.2) is 0 Å². The molecule has 3 nitrogen and oxygen atoms in total. The molecule has 1 fully saturated rings.